The van der Waals surface area contributed by atoms with Crippen molar-refractivity contribution < 1.29 is 0 Å². The van der Waals surface area contributed by atoms with E-state index in [9.17, 15) is 0 Å². The van der Waals surface area contributed by atoms with Gasteiger partial charge >= 0.3 is 0 Å². The molecule has 0 aromatic carbocycles. The topological polar surface area (TPSA) is 32.5 Å². The molecule has 1 aliphatic heterocycles. The van der Waals surface area contributed by atoms with Gasteiger partial charge < -0.3 is 10.6 Å². The van der Waals surface area contributed by atoms with Crippen molar-refractivity contribution in [2.24, 2.45) is 11.1 Å². The highest BCUT2D eigenvalue weighted by Crippen LogP contribution is 2.33. The summed E-state index contributed by atoms with van der Waals surface area (Å²) in [6.07, 6.45) is 2.77. The molecule has 0 aromatic heterocycles. The summed E-state index contributed by atoms with van der Waals surface area (Å²) in [5, 5.41) is 0. The molecule has 2 aliphatic rings. The van der Waals surface area contributed by atoms with Crippen molar-refractivity contribution >= 4 is 0 Å². The van der Waals surface area contributed by atoms with Crippen LogP contribution in [0.3, 0.4) is 0 Å². The molecule has 3 nitrogen and oxygen atoms in total. The first-order chi connectivity index (χ1) is 7.02. The van der Waals surface area contributed by atoms with Crippen LogP contribution in [-0.2, 0) is 0 Å². The Balaban J connectivity index is 2.10. The molecule has 1 heterocycles. The van der Waals surface area contributed by atoms with Crippen LogP contribution in [0.5, 0.6) is 0 Å². The second-order valence-corrected chi connectivity index (χ2v) is 6.15. The average Bonchev–Trinajstić information content (AvgIpc) is 2.91. The lowest BCUT2D eigenvalue weighted by Gasteiger charge is -2.33. The lowest BCUT2D eigenvalue weighted by molar-refractivity contribution is 0.151. The summed E-state index contributed by atoms with van der Waals surface area (Å²) in [4.78, 5) is 5.11. The number of nitrogens with zero attached hydrogens (tertiary/aromatic N) is 2. The van der Waals surface area contributed by atoms with Crippen molar-refractivity contribution in [2.75, 3.05) is 33.2 Å². The predicted octanol–water partition coefficient (Wildman–Crippen LogP) is 0.750. The highest BCUT2D eigenvalue weighted by atomic mass is 15.3. The van der Waals surface area contributed by atoms with E-state index in [4.69, 9.17) is 5.73 Å². The molecule has 15 heavy (non-hydrogen) atoms. The monoisotopic (exact) mass is 211 g/mol. The van der Waals surface area contributed by atoms with E-state index in [2.05, 4.69) is 30.7 Å². The van der Waals surface area contributed by atoms with Crippen LogP contribution >= 0.6 is 0 Å². The van der Waals surface area contributed by atoms with E-state index in [1.165, 1.54) is 25.9 Å². The van der Waals surface area contributed by atoms with Gasteiger partial charge in [0.2, 0.25) is 0 Å². The van der Waals surface area contributed by atoms with Crippen molar-refractivity contribution in [1.29, 1.82) is 0 Å². The second-order valence-electron chi connectivity index (χ2n) is 6.15. The third-order valence-corrected chi connectivity index (χ3v) is 3.59. The minimum atomic E-state index is 0.404. The molecule has 88 valence electrons. The number of rotatable bonds is 2. The zero-order valence-electron chi connectivity index (χ0n) is 10.4. The lowest BCUT2D eigenvalue weighted by Crippen LogP contribution is -2.47. The molecule has 2 N–H and O–H groups in total. The maximum absolute atomic E-state index is 5.91. The second kappa shape index (κ2) is 4.04. The van der Waals surface area contributed by atoms with Gasteiger partial charge in [0.1, 0.15) is 0 Å². The summed E-state index contributed by atoms with van der Waals surface area (Å²) in [7, 11) is 2.22. The zero-order valence-corrected chi connectivity index (χ0v) is 10.4. The minimum absolute atomic E-state index is 0.404. The molecule has 1 atom stereocenters. The van der Waals surface area contributed by atoms with Crippen LogP contribution in [-0.4, -0.2) is 55.1 Å². The zero-order chi connectivity index (χ0) is 11.1. The first-order valence-corrected chi connectivity index (χ1v) is 6.16. The Kier molecular flexibility index (Phi) is 3.06. The summed E-state index contributed by atoms with van der Waals surface area (Å²) in [6.45, 7) is 9.08. The minimum Gasteiger partial charge on any atom is -0.329 e. The first-order valence-electron chi connectivity index (χ1n) is 6.16. The number of nitrogens with two attached hydrogens (primary N) is 1. The molecule has 0 aromatic rings. The average molecular weight is 211 g/mol. The Morgan fingerprint density at radius 1 is 1.27 bits per heavy atom. The maximum Gasteiger partial charge on any atom is 0.0348 e. The van der Waals surface area contributed by atoms with Gasteiger partial charge in [-0.25, -0.2) is 0 Å². The van der Waals surface area contributed by atoms with Crippen LogP contribution in [0.1, 0.15) is 26.7 Å². The van der Waals surface area contributed by atoms with Crippen molar-refractivity contribution in [3.63, 3.8) is 0 Å². The van der Waals surface area contributed by atoms with Crippen molar-refractivity contribution in [1.82, 2.24) is 9.80 Å². The Bertz CT molecular complexity index is 223. The van der Waals surface area contributed by atoms with E-state index in [1.54, 1.807) is 0 Å². The number of hydrogen-bond acceptors (Lipinski definition) is 3. The molecule has 2 rings (SSSR count). The van der Waals surface area contributed by atoms with Gasteiger partial charge in [-0.3, -0.25) is 4.90 Å². The molecule has 0 radical (unpaired) electrons. The molecule has 0 bridgehead atoms. The summed E-state index contributed by atoms with van der Waals surface area (Å²) >= 11 is 0. The van der Waals surface area contributed by atoms with Gasteiger partial charge in [0, 0.05) is 38.3 Å². The molecule has 1 saturated heterocycles. The quantitative estimate of drug-likeness (QED) is 0.731. The van der Waals surface area contributed by atoms with Crippen molar-refractivity contribution in [2.45, 2.75) is 38.8 Å². The highest BCUT2D eigenvalue weighted by Gasteiger charge is 2.39. The van der Waals surface area contributed by atoms with Crippen LogP contribution < -0.4 is 5.73 Å². The Morgan fingerprint density at radius 3 is 2.47 bits per heavy atom. The number of hydrogen-bond donors (Lipinski definition) is 1. The van der Waals surface area contributed by atoms with Gasteiger partial charge in [0.25, 0.3) is 0 Å². The van der Waals surface area contributed by atoms with E-state index in [-0.39, 0.29) is 0 Å². The van der Waals surface area contributed by atoms with Gasteiger partial charge in [-0.15, -0.1) is 0 Å². The first kappa shape index (κ1) is 11.4. The van der Waals surface area contributed by atoms with E-state index in [0.29, 0.717) is 11.5 Å². The van der Waals surface area contributed by atoms with Gasteiger partial charge in [-0.1, -0.05) is 13.8 Å². The predicted molar refractivity (Wildman–Crippen MR) is 63.8 cm³/mol. The van der Waals surface area contributed by atoms with E-state index in [0.717, 1.165) is 19.1 Å². The molecule has 0 amide bonds. The maximum atomic E-state index is 5.91. The lowest BCUT2D eigenvalue weighted by atomic mass is 9.92. The third kappa shape index (κ3) is 2.71. The van der Waals surface area contributed by atoms with Crippen molar-refractivity contribution in [3.05, 3.63) is 0 Å². The van der Waals surface area contributed by atoms with Crippen molar-refractivity contribution in [3.8, 4) is 0 Å². The van der Waals surface area contributed by atoms with Crippen LogP contribution in [0.15, 0.2) is 0 Å². The standard InChI is InChI=1S/C12H25N3/c1-12(2)8-14(3)7-11(6-13)15(9-12)10-4-5-10/h10-11H,4-9,13H2,1-3H3. The molecule has 1 saturated carbocycles. The van der Waals surface area contributed by atoms with Gasteiger partial charge in [-0.05, 0) is 25.3 Å². The Labute approximate surface area is 93.6 Å². The molecule has 0 spiro atoms. The fourth-order valence-electron chi connectivity index (χ4n) is 2.98. The summed E-state index contributed by atoms with van der Waals surface area (Å²) < 4.78 is 0. The summed E-state index contributed by atoms with van der Waals surface area (Å²) in [5.74, 6) is 0. The molecular weight excluding hydrogens is 186 g/mol. The normalized spacial score (nSPS) is 34.0. The van der Waals surface area contributed by atoms with E-state index >= 15 is 0 Å². The Morgan fingerprint density at radius 2 is 1.93 bits per heavy atom. The summed E-state index contributed by atoms with van der Waals surface area (Å²) in [5.41, 5.74) is 6.32. The molecule has 1 aliphatic carbocycles. The molecule has 1 unspecified atom stereocenters. The summed E-state index contributed by atoms with van der Waals surface area (Å²) in [6, 6.07) is 1.41. The fourth-order valence-corrected chi connectivity index (χ4v) is 2.98. The Hall–Kier alpha value is -0.120. The largest absolute Gasteiger partial charge is 0.329 e. The van der Waals surface area contributed by atoms with Crippen LogP contribution in [0, 0.1) is 5.41 Å². The smallest absolute Gasteiger partial charge is 0.0348 e. The van der Waals surface area contributed by atoms with Crippen LogP contribution in [0.4, 0.5) is 0 Å². The van der Waals surface area contributed by atoms with Gasteiger partial charge in [0.05, 0.1) is 0 Å². The van der Waals surface area contributed by atoms with E-state index < -0.39 is 0 Å². The molecule has 3 heteroatoms. The van der Waals surface area contributed by atoms with Crippen LogP contribution in [0.2, 0.25) is 0 Å². The molecule has 2 fully saturated rings. The number of likely N-dealkylation sites (N-methyl/N-ethyl adjacent to an activating group) is 1. The molecular formula is C12H25N3. The van der Waals surface area contributed by atoms with Gasteiger partial charge in [0.15, 0.2) is 0 Å². The fraction of sp³-hybridized carbons (Fsp3) is 1.00. The van der Waals surface area contributed by atoms with Crippen LogP contribution in [0.25, 0.3) is 0 Å². The highest BCUT2D eigenvalue weighted by molar-refractivity contribution is 4.95. The third-order valence-electron chi connectivity index (χ3n) is 3.59. The van der Waals surface area contributed by atoms with Gasteiger partial charge in [-0.2, -0.15) is 0 Å². The SMILES string of the molecule is CN1CC(CN)N(C2CC2)CC(C)(C)C1. The van der Waals surface area contributed by atoms with E-state index in [1.807, 2.05) is 0 Å².